The van der Waals surface area contributed by atoms with Crippen LogP contribution in [0.25, 0.3) is 22.2 Å². The number of ether oxygens (including phenoxy) is 1. The summed E-state index contributed by atoms with van der Waals surface area (Å²) in [6.45, 7) is 6.61. The van der Waals surface area contributed by atoms with E-state index in [9.17, 15) is 9.90 Å². The highest BCUT2D eigenvalue weighted by atomic mass is 19.1. The highest BCUT2D eigenvalue weighted by Crippen LogP contribution is 2.33. The Morgan fingerprint density at radius 1 is 1.23 bits per heavy atom. The van der Waals surface area contributed by atoms with Crippen molar-refractivity contribution in [3.63, 3.8) is 0 Å². The molecule has 7 nitrogen and oxygen atoms in total. The fraction of sp³-hybridized carbons (Fsp3) is 0.364. The molecule has 0 unspecified atom stereocenters. The molecule has 2 aromatic heterocycles. The van der Waals surface area contributed by atoms with Gasteiger partial charge < -0.3 is 19.8 Å². The van der Waals surface area contributed by atoms with Gasteiger partial charge in [-0.25, -0.2) is 14.3 Å². The smallest absolute Gasteiger partial charge is 0.419 e. The SMILES string of the molecule is CC(C)(C)OC(=O)n1c(-c2ccc(N3CC(CO)C3)nc2F)cc2cc(O)ccc21. The number of hydrogen-bond donors (Lipinski definition) is 2. The Morgan fingerprint density at radius 2 is 1.97 bits per heavy atom. The molecule has 3 heterocycles. The second-order valence-electron chi connectivity index (χ2n) is 8.55. The number of aliphatic hydroxyl groups excluding tert-OH is 1. The van der Waals surface area contributed by atoms with Crippen molar-refractivity contribution in [2.24, 2.45) is 5.92 Å². The number of rotatable bonds is 3. The summed E-state index contributed by atoms with van der Waals surface area (Å²) >= 11 is 0. The number of pyridine rings is 1. The van der Waals surface area contributed by atoms with Crippen LogP contribution in [0, 0.1) is 11.9 Å². The normalized spacial score (nSPS) is 14.8. The zero-order valence-corrected chi connectivity index (χ0v) is 17.1. The topological polar surface area (TPSA) is 87.8 Å². The molecule has 30 heavy (non-hydrogen) atoms. The molecule has 0 saturated carbocycles. The van der Waals surface area contributed by atoms with Crippen molar-refractivity contribution in [3.8, 4) is 17.0 Å². The van der Waals surface area contributed by atoms with Gasteiger partial charge in [-0.05, 0) is 57.2 Å². The van der Waals surface area contributed by atoms with E-state index in [4.69, 9.17) is 9.84 Å². The lowest BCUT2D eigenvalue weighted by Crippen LogP contribution is -2.48. The molecular weight excluding hydrogens is 389 g/mol. The van der Waals surface area contributed by atoms with Crippen molar-refractivity contribution in [1.82, 2.24) is 9.55 Å². The number of phenols is 1. The van der Waals surface area contributed by atoms with Gasteiger partial charge in [0.2, 0.25) is 5.95 Å². The summed E-state index contributed by atoms with van der Waals surface area (Å²) in [6.07, 6.45) is -0.643. The average Bonchev–Trinajstić information content (AvgIpc) is 2.97. The van der Waals surface area contributed by atoms with Gasteiger partial charge in [0.15, 0.2) is 0 Å². The van der Waals surface area contributed by atoms with E-state index in [-0.39, 0.29) is 23.8 Å². The number of halogens is 1. The first-order chi connectivity index (χ1) is 14.2. The Morgan fingerprint density at radius 3 is 2.60 bits per heavy atom. The molecule has 0 radical (unpaired) electrons. The third-order valence-corrected chi connectivity index (χ3v) is 5.01. The standard InChI is InChI=1S/C22H24FN3O4/c1-22(2,3)30-21(29)26-17-6-4-15(28)8-14(17)9-18(26)16-5-7-19(24-20(16)23)25-10-13(11-25)12-27/h4-9,13,27-28H,10-12H2,1-3H3. The van der Waals surface area contributed by atoms with Gasteiger partial charge in [0, 0.05) is 31.0 Å². The zero-order valence-electron chi connectivity index (χ0n) is 17.1. The minimum Gasteiger partial charge on any atom is -0.508 e. The fourth-order valence-electron chi connectivity index (χ4n) is 3.57. The number of aromatic hydroxyl groups is 1. The molecule has 0 spiro atoms. The molecule has 158 valence electrons. The highest BCUT2D eigenvalue weighted by Gasteiger charge is 2.29. The number of aromatic nitrogens is 2. The Labute approximate surface area is 173 Å². The lowest BCUT2D eigenvalue weighted by atomic mass is 10.0. The summed E-state index contributed by atoms with van der Waals surface area (Å²) in [4.78, 5) is 18.9. The maximum Gasteiger partial charge on any atom is 0.419 e. The maximum absolute atomic E-state index is 15.0. The molecule has 0 bridgehead atoms. The number of nitrogens with zero attached hydrogens (tertiary/aromatic N) is 3. The Kier molecular flexibility index (Phi) is 4.89. The van der Waals surface area contributed by atoms with Crippen molar-refractivity contribution in [3.05, 3.63) is 42.3 Å². The molecule has 8 heteroatoms. The van der Waals surface area contributed by atoms with Crippen molar-refractivity contribution in [1.29, 1.82) is 0 Å². The van der Waals surface area contributed by atoms with Gasteiger partial charge in [-0.3, -0.25) is 0 Å². The number of carbonyl (C=O) groups excluding carboxylic acids is 1. The first-order valence-corrected chi connectivity index (χ1v) is 9.77. The minimum atomic E-state index is -0.733. The summed E-state index contributed by atoms with van der Waals surface area (Å²) in [5.74, 6) is -0.00669. The van der Waals surface area contributed by atoms with E-state index in [1.54, 1.807) is 45.0 Å². The molecule has 3 aromatic rings. The van der Waals surface area contributed by atoms with Crippen LogP contribution in [0.3, 0.4) is 0 Å². The van der Waals surface area contributed by atoms with E-state index >= 15 is 4.39 Å². The highest BCUT2D eigenvalue weighted by molar-refractivity contribution is 5.96. The molecule has 2 N–H and O–H groups in total. The number of anilines is 1. The maximum atomic E-state index is 15.0. The lowest BCUT2D eigenvalue weighted by Gasteiger charge is -2.39. The predicted molar refractivity (Wildman–Crippen MR) is 111 cm³/mol. The summed E-state index contributed by atoms with van der Waals surface area (Å²) in [5.41, 5.74) is 0.204. The molecule has 1 aliphatic rings. The van der Waals surface area contributed by atoms with Crippen molar-refractivity contribution in [2.45, 2.75) is 26.4 Å². The van der Waals surface area contributed by atoms with E-state index in [2.05, 4.69) is 4.98 Å². The average molecular weight is 413 g/mol. The van der Waals surface area contributed by atoms with Crippen LogP contribution in [0.4, 0.5) is 15.0 Å². The number of carbonyl (C=O) groups is 1. The van der Waals surface area contributed by atoms with Crippen LogP contribution < -0.4 is 4.90 Å². The van der Waals surface area contributed by atoms with E-state index in [1.165, 1.54) is 16.7 Å². The van der Waals surface area contributed by atoms with Crippen LogP contribution in [-0.2, 0) is 4.74 Å². The van der Waals surface area contributed by atoms with Gasteiger partial charge in [-0.15, -0.1) is 0 Å². The van der Waals surface area contributed by atoms with Crippen LogP contribution in [0.2, 0.25) is 0 Å². The Bertz CT molecular complexity index is 1110. The molecule has 0 amide bonds. The summed E-state index contributed by atoms with van der Waals surface area (Å²) in [5, 5.41) is 19.6. The van der Waals surface area contributed by atoms with E-state index < -0.39 is 17.6 Å². The van der Waals surface area contributed by atoms with E-state index in [0.29, 0.717) is 35.5 Å². The van der Waals surface area contributed by atoms with Crippen molar-refractivity contribution >= 4 is 22.8 Å². The van der Waals surface area contributed by atoms with Crippen LogP contribution in [0.1, 0.15) is 20.8 Å². The Balaban J connectivity index is 1.78. The van der Waals surface area contributed by atoms with Crippen molar-refractivity contribution in [2.75, 3.05) is 24.6 Å². The van der Waals surface area contributed by atoms with Gasteiger partial charge in [0.25, 0.3) is 0 Å². The van der Waals surface area contributed by atoms with Gasteiger partial charge in [0.1, 0.15) is 17.2 Å². The number of benzene rings is 1. The third kappa shape index (κ3) is 3.70. The molecule has 1 saturated heterocycles. The fourth-order valence-corrected chi connectivity index (χ4v) is 3.57. The first kappa shape index (κ1) is 20.2. The Hall–Kier alpha value is -3.13. The van der Waals surface area contributed by atoms with Crippen LogP contribution in [-0.4, -0.2) is 51.2 Å². The second-order valence-corrected chi connectivity index (χ2v) is 8.55. The first-order valence-electron chi connectivity index (χ1n) is 9.77. The molecule has 0 aliphatic carbocycles. The van der Waals surface area contributed by atoms with E-state index in [0.717, 1.165) is 0 Å². The summed E-state index contributed by atoms with van der Waals surface area (Å²) in [7, 11) is 0. The third-order valence-electron chi connectivity index (χ3n) is 5.01. The summed E-state index contributed by atoms with van der Waals surface area (Å²) < 4.78 is 21.8. The minimum absolute atomic E-state index is 0.0422. The van der Waals surface area contributed by atoms with Gasteiger partial charge in [-0.1, -0.05) is 0 Å². The van der Waals surface area contributed by atoms with Crippen molar-refractivity contribution < 1.29 is 24.1 Å². The van der Waals surface area contributed by atoms with Crippen LogP contribution in [0.5, 0.6) is 5.75 Å². The van der Waals surface area contributed by atoms with Gasteiger partial charge in [-0.2, -0.15) is 4.39 Å². The monoisotopic (exact) mass is 413 g/mol. The zero-order chi connectivity index (χ0) is 21.6. The second kappa shape index (κ2) is 7.28. The molecule has 0 atom stereocenters. The molecule has 1 aliphatic heterocycles. The number of aliphatic hydroxyl groups is 1. The quantitative estimate of drug-likeness (QED) is 0.636. The number of fused-ring (bicyclic) bond motifs is 1. The molecule has 1 aromatic carbocycles. The lowest BCUT2D eigenvalue weighted by molar-refractivity contribution is 0.0547. The van der Waals surface area contributed by atoms with Crippen LogP contribution in [0.15, 0.2) is 36.4 Å². The largest absolute Gasteiger partial charge is 0.508 e. The van der Waals surface area contributed by atoms with Gasteiger partial charge >= 0.3 is 6.09 Å². The van der Waals surface area contributed by atoms with Crippen LogP contribution >= 0.6 is 0 Å². The molecule has 1 fully saturated rings. The van der Waals surface area contributed by atoms with Gasteiger partial charge in [0.05, 0.1) is 16.8 Å². The predicted octanol–water partition coefficient (Wildman–Crippen LogP) is 3.76. The van der Waals surface area contributed by atoms with E-state index in [1.807, 2.05) is 4.90 Å². The molecule has 4 rings (SSSR count). The number of hydrogen-bond acceptors (Lipinski definition) is 6. The summed E-state index contributed by atoms with van der Waals surface area (Å²) in [6, 6.07) is 9.47. The number of phenolic OH excluding ortho intramolecular Hbond substituents is 1. The molecular formula is C22H24FN3O4.